The van der Waals surface area contributed by atoms with E-state index in [0.29, 0.717) is 11.9 Å². The van der Waals surface area contributed by atoms with Crippen molar-refractivity contribution in [3.63, 3.8) is 0 Å². The molecule has 1 aliphatic rings. The normalized spacial score (nSPS) is 15.8. The van der Waals surface area contributed by atoms with Gasteiger partial charge in [0.2, 0.25) is 5.91 Å². The Morgan fingerprint density at radius 3 is 2.79 bits per heavy atom. The third-order valence-electron chi connectivity index (χ3n) is 5.51. The largest absolute Gasteiger partial charge is 0.381 e. The number of nitrogens with one attached hydrogen (secondary N) is 2. The molecule has 4 rings (SSSR count). The van der Waals surface area contributed by atoms with Crippen LogP contribution in [0.15, 0.2) is 47.8 Å². The van der Waals surface area contributed by atoms with Gasteiger partial charge in [0.25, 0.3) is 0 Å². The van der Waals surface area contributed by atoms with E-state index in [-0.39, 0.29) is 17.9 Å². The maximum Gasteiger partial charge on any atom is 0.228 e. The Morgan fingerprint density at radius 2 is 2.00 bits per heavy atom. The Labute approximate surface area is 193 Å². The first-order valence-corrected chi connectivity index (χ1v) is 11.4. The minimum absolute atomic E-state index is 0.0613. The number of hydrogen-bond donors (Lipinski definition) is 2. The summed E-state index contributed by atoms with van der Waals surface area (Å²) in [6.07, 6.45) is 8.89. The van der Waals surface area contributed by atoms with Crippen LogP contribution in [0.4, 0.5) is 11.6 Å². The molecule has 4 heterocycles. The zero-order valence-electron chi connectivity index (χ0n) is 19.3. The van der Waals surface area contributed by atoms with E-state index < -0.39 is 0 Å². The average molecular weight is 447 g/mol. The lowest BCUT2D eigenvalue weighted by Crippen LogP contribution is -2.35. The number of fused-ring (bicyclic) bond motifs is 1. The van der Waals surface area contributed by atoms with Crippen LogP contribution in [0.5, 0.6) is 0 Å². The number of carbonyl (C=O) groups is 1. The van der Waals surface area contributed by atoms with Gasteiger partial charge in [-0.1, -0.05) is 0 Å². The van der Waals surface area contributed by atoms with Gasteiger partial charge in [0.05, 0.1) is 11.6 Å². The van der Waals surface area contributed by atoms with Crippen LogP contribution in [0.25, 0.3) is 22.0 Å². The molecule has 1 unspecified atom stereocenters. The Morgan fingerprint density at radius 1 is 1.18 bits per heavy atom. The highest BCUT2D eigenvalue weighted by Crippen LogP contribution is 2.30. The number of anilines is 1. The van der Waals surface area contributed by atoms with Crippen molar-refractivity contribution >= 4 is 34.5 Å². The number of aromatic nitrogens is 3. The monoisotopic (exact) mass is 446 g/mol. The maximum absolute atomic E-state index is 12.3. The highest BCUT2D eigenvalue weighted by molar-refractivity contribution is 5.97. The fourth-order valence-corrected chi connectivity index (χ4v) is 3.71. The van der Waals surface area contributed by atoms with Crippen molar-refractivity contribution in [2.75, 3.05) is 18.5 Å². The quantitative estimate of drug-likeness (QED) is 0.529. The second kappa shape index (κ2) is 10.5. The van der Waals surface area contributed by atoms with Crippen LogP contribution in [0.2, 0.25) is 0 Å². The van der Waals surface area contributed by atoms with Crippen LogP contribution in [-0.4, -0.2) is 52.4 Å². The Kier molecular flexibility index (Phi) is 7.24. The molecule has 0 aliphatic carbocycles. The molecule has 3 aromatic heterocycles. The van der Waals surface area contributed by atoms with Gasteiger partial charge in [-0.05, 0) is 57.9 Å². The summed E-state index contributed by atoms with van der Waals surface area (Å²) >= 11 is 0. The van der Waals surface area contributed by atoms with Crippen molar-refractivity contribution in [3.05, 3.63) is 42.9 Å². The highest BCUT2D eigenvalue weighted by Gasteiger charge is 2.15. The molecule has 1 atom stereocenters. The number of hydrogen-bond acceptors (Lipinski definition) is 7. The number of ether oxygens (including phenoxy) is 1. The van der Waals surface area contributed by atoms with E-state index in [0.717, 1.165) is 53.9 Å². The van der Waals surface area contributed by atoms with E-state index >= 15 is 0 Å². The molecule has 8 heteroatoms. The summed E-state index contributed by atoms with van der Waals surface area (Å²) in [6, 6.07) is 8.27. The molecule has 0 radical (unpaired) electrons. The van der Waals surface area contributed by atoms with Gasteiger partial charge in [-0.2, -0.15) is 0 Å². The van der Waals surface area contributed by atoms with Gasteiger partial charge in [0.15, 0.2) is 5.82 Å². The number of rotatable bonds is 7. The molecule has 1 saturated heterocycles. The molecule has 0 bridgehead atoms. The Balaban J connectivity index is 1.63. The first-order valence-electron chi connectivity index (χ1n) is 11.4. The second-order valence-electron chi connectivity index (χ2n) is 8.62. The van der Waals surface area contributed by atoms with E-state index in [1.807, 2.05) is 45.0 Å². The molecule has 33 heavy (non-hydrogen) atoms. The van der Waals surface area contributed by atoms with Crippen LogP contribution in [0.1, 0.15) is 33.6 Å². The third kappa shape index (κ3) is 5.90. The molecule has 172 valence electrons. The van der Waals surface area contributed by atoms with Gasteiger partial charge in [-0.3, -0.25) is 9.78 Å². The summed E-state index contributed by atoms with van der Waals surface area (Å²) in [5.41, 5.74) is 1.71. The predicted octanol–water partition coefficient (Wildman–Crippen LogP) is 4.15. The fourth-order valence-electron chi connectivity index (χ4n) is 3.71. The summed E-state index contributed by atoms with van der Waals surface area (Å²) in [7, 11) is 0. The minimum atomic E-state index is -0.369. The lowest BCUT2D eigenvalue weighted by molar-refractivity contribution is -0.123. The number of nitrogens with zero attached hydrogens (tertiary/aromatic N) is 4. The van der Waals surface area contributed by atoms with Crippen molar-refractivity contribution in [1.82, 2.24) is 20.3 Å². The Bertz CT molecular complexity index is 1140. The van der Waals surface area contributed by atoms with Crippen LogP contribution in [-0.2, 0) is 9.53 Å². The lowest BCUT2D eigenvalue weighted by Gasteiger charge is -2.23. The first-order chi connectivity index (χ1) is 16.0. The van der Waals surface area contributed by atoms with Crippen LogP contribution in [0, 0.1) is 5.92 Å². The zero-order valence-corrected chi connectivity index (χ0v) is 19.3. The maximum atomic E-state index is 12.3. The van der Waals surface area contributed by atoms with Crippen molar-refractivity contribution in [3.8, 4) is 11.3 Å². The molecule has 0 spiro atoms. The van der Waals surface area contributed by atoms with Crippen LogP contribution >= 0.6 is 0 Å². The van der Waals surface area contributed by atoms with Crippen molar-refractivity contribution < 1.29 is 9.53 Å². The van der Waals surface area contributed by atoms with E-state index in [2.05, 4.69) is 25.6 Å². The van der Waals surface area contributed by atoms with Crippen molar-refractivity contribution in [1.29, 1.82) is 0 Å². The van der Waals surface area contributed by atoms with E-state index in [1.54, 1.807) is 24.8 Å². The molecule has 1 fully saturated rings. The lowest BCUT2D eigenvalue weighted by atomic mass is 10.1. The van der Waals surface area contributed by atoms with E-state index in [9.17, 15) is 4.79 Å². The van der Waals surface area contributed by atoms with E-state index in [4.69, 9.17) is 9.72 Å². The number of carbonyl (C=O) groups excluding carboxylic acids is 1. The van der Waals surface area contributed by atoms with Gasteiger partial charge in [0, 0.05) is 66.4 Å². The summed E-state index contributed by atoms with van der Waals surface area (Å²) in [5, 5.41) is 8.24. The molecule has 0 saturated carbocycles. The summed E-state index contributed by atoms with van der Waals surface area (Å²) in [6.45, 7) is 7.24. The first kappa shape index (κ1) is 22.8. The van der Waals surface area contributed by atoms with Crippen LogP contribution in [0.3, 0.4) is 0 Å². The summed E-state index contributed by atoms with van der Waals surface area (Å²) in [5.74, 6) is 0.946. The summed E-state index contributed by atoms with van der Waals surface area (Å²) in [4.78, 5) is 30.4. The van der Waals surface area contributed by atoms with Gasteiger partial charge in [0.1, 0.15) is 5.82 Å². The van der Waals surface area contributed by atoms with Gasteiger partial charge < -0.3 is 15.4 Å². The molecule has 1 amide bonds. The SMILES string of the molecule is CC(C)NC(=O)C(C)C=Nc1nc(-c2ccnc(NC3CCOCC3)c2)cc2cnccc12. The molecular formula is C25H30N6O2. The minimum Gasteiger partial charge on any atom is -0.381 e. The van der Waals surface area contributed by atoms with Gasteiger partial charge in [-0.25, -0.2) is 15.0 Å². The number of pyridine rings is 3. The third-order valence-corrected chi connectivity index (χ3v) is 5.51. The van der Waals surface area contributed by atoms with Gasteiger partial charge in [-0.15, -0.1) is 0 Å². The van der Waals surface area contributed by atoms with Crippen LogP contribution < -0.4 is 10.6 Å². The topological polar surface area (TPSA) is 101 Å². The standard InChI is InChI=1S/C25H30N6O2/c1-16(2)29-25(32)17(3)14-28-24-21-5-8-26-15-19(21)12-22(31-24)18-4-9-27-23(13-18)30-20-6-10-33-11-7-20/h4-5,8-9,12-17,20H,6-7,10-11H2,1-3H3,(H,27,30)(H,29,32). The molecule has 3 aromatic rings. The molecule has 8 nitrogen and oxygen atoms in total. The molecule has 2 N–H and O–H groups in total. The average Bonchev–Trinajstić information content (AvgIpc) is 2.82. The summed E-state index contributed by atoms with van der Waals surface area (Å²) < 4.78 is 5.44. The van der Waals surface area contributed by atoms with E-state index in [1.165, 1.54) is 0 Å². The molecule has 0 aromatic carbocycles. The number of amides is 1. The van der Waals surface area contributed by atoms with Crippen molar-refractivity contribution in [2.24, 2.45) is 10.9 Å². The molecular weight excluding hydrogens is 416 g/mol. The molecule has 1 aliphatic heterocycles. The zero-order chi connectivity index (χ0) is 23.2. The van der Waals surface area contributed by atoms with Crippen molar-refractivity contribution in [2.45, 2.75) is 45.7 Å². The number of aliphatic imine (C=N–C) groups is 1. The smallest absolute Gasteiger partial charge is 0.228 e. The fraction of sp³-hybridized carbons (Fsp3) is 0.400. The van der Waals surface area contributed by atoms with Gasteiger partial charge >= 0.3 is 0 Å². The Hall–Kier alpha value is -3.39. The highest BCUT2D eigenvalue weighted by atomic mass is 16.5. The predicted molar refractivity (Wildman–Crippen MR) is 131 cm³/mol. The second-order valence-corrected chi connectivity index (χ2v) is 8.62.